The number of benzene rings is 1. The first-order valence-electron chi connectivity index (χ1n) is 9.50. The van der Waals surface area contributed by atoms with Crippen molar-refractivity contribution in [3.05, 3.63) is 39.7 Å². The Morgan fingerprint density at radius 1 is 1.41 bits per heavy atom. The third kappa shape index (κ3) is 3.92. The molecule has 0 spiro atoms. The van der Waals surface area contributed by atoms with Crippen LogP contribution in [0.3, 0.4) is 0 Å². The van der Waals surface area contributed by atoms with E-state index >= 15 is 8.78 Å². The van der Waals surface area contributed by atoms with Crippen molar-refractivity contribution >= 4 is 34.1 Å². The number of hydrogen-bond donors (Lipinski definition) is 3. The molecule has 2 aromatic rings. The third-order valence-corrected chi connectivity index (χ3v) is 5.04. The van der Waals surface area contributed by atoms with Crippen molar-refractivity contribution in [3.63, 3.8) is 0 Å². The van der Waals surface area contributed by atoms with Gasteiger partial charge in [0.2, 0.25) is 5.43 Å². The number of aryl methyl sites for hydroxylation is 1. The number of anilines is 1. The van der Waals surface area contributed by atoms with Crippen molar-refractivity contribution in [1.29, 1.82) is 0 Å². The van der Waals surface area contributed by atoms with E-state index in [1.807, 2.05) is 0 Å². The van der Waals surface area contributed by atoms with Crippen LogP contribution in [0.4, 0.5) is 18.9 Å². The van der Waals surface area contributed by atoms with Crippen LogP contribution in [0.5, 0.6) is 0 Å². The zero-order chi connectivity index (χ0) is 23.6. The highest BCUT2D eigenvalue weighted by molar-refractivity contribution is 6.10. The fourth-order valence-corrected chi connectivity index (χ4v) is 3.63. The van der Waals surface area contributed by atoms with Gasteiger partial charge in [-0.25, -0.2) is 18.0 Å². The van der Waals surface area contributed by atoms with Gasteiger partial charge in [0.15, 0.2) is 5.82 Å². The molecule has 1 aromatic heterocycles. The van der Waals surface area contributed by atoms with E-state index < -0.39 is 64.3 Å². The van der Waals surface area contributed by atoms with Gasteiger partial charge in [-0.2, -0.15) is 0 Å². The number of rotatable bonds is 7. The molecule has 0 radical (unpaired) electrons. The maximum absolute atomic E-state index is 15.6. The van der Waals surface area contributed by atoms with Crippen LogP contribution in [0.2, 0.25) is 0 Å². The van der Waals surface area contributed by atoms with E-state index in [2.05, 4.69) is 10.3 Å². The molecule has 13 heteroatoms. The number of carbonyl (C=O) groups is 1. The topological polar surface area (TPSA) is 143 Å². The number of fused-ring (bicyclic) bond motifs is 1. The average molecular weight is 455 g/mol. The lowest BCUT2D eigenvalue weighted by Crippen LogP contribution is -2.31. The molecule has 0 saturated carbocycles. The molecule has 10 nitrogen and oxygen atoms in total. The van der Waals surface area contributed by atoms with Crippen LogP contribution in [0, 0.1) is 17.6 Å². The third-order valence-electron chi connectivity index (χ3n) is 5.04. The van der Waals surface area contributed by atoms with Gasteiger partial charge in [-0.3, -0.25) is 4.79 Å². The first-order valence-corrected chi connectivity index (χ1v) is 9.50. The van der Waals surface area contributed by atoms with Crippen LogP contribution >= 0.6 is 0 Å². The number of oxime groups is 2. The number of pyridine rings is 1. The predicted octanol–water partition coefficient (Wildman–Crippen LogP) is 1.52. The summed E-state index contributed by atoms with van der Waals surface area (Å²) in [5, 5.41) is 24.5. The summed E-state index contributed by atoms with van der Waals surface area (Å²) in [4.78, 5) is 30.1. The van der Waals surface area contributed by atoms with Gasteiger partial charge in [0.25, 0.3) is 0 Å². The molecular formula is C19H20F3N5O5. The number of aromatic nitrogens is 1. The van der Waals surface area contributed by atoms with Crippen LogP contribution in [0.15, 0.2) is 27.4 Å². The van der Waals surface area contributed by atoms with Crippen molar-refractivity contribution < 1.29 is 33.1 Å². The fourth-order valence-electron chi connectivity index (χ4n) is 3.63. The highest BCUT2D eigenvalue weighted by Crippen LogP contribution is 2.33. The first kappa shape index (κ1) is 22.9. The molecule has 1 atom stereocenters. The van der Waals surface area contributed by atoms with Gasteiger partial charge >= 0.3 is 5.97 Å². The van der Waals surface area contributed by atoms with Crippen molar-refractivity contribution in [2.24, 2.45) is 22.0 Å². The van der Waals surface area contributed by atoms with Gasteiger partial charge in [0, 0.05) is 12.7 Å². The summed E-state index contributed by atoms with van der Waals surface area (Å²) in [6.45, 7) is 0.189. The Kier molecular flexibility index (Phi) is 6.55. The molecule has 3 rings (SSSR count). The summed E-state index contributed by atoms with van der Waals surface area (Å²) < 4.78 is 44.6. The number of aromatic carboxylic acids is 1. The van der Waals surface area contributed by atoms with Crippen LogP contribution < -0.4 is 16.1 Å². The second-order valence-electron chi connectivity index (χ2n) is 6.93. The Labute approximate surface area is 179 Å². The number of nitrogens with two attached hydrogens (primary N) is 1. The lowest BCUT2D eigenvalue weighted by molar-refractivity contribution is 0.0694. The van der Waals surface area contributed by atoms with Gasteiger partial charge in [0.1, 0.15) is 36.2 Å². The Morgan fingerprint density at radius 2 is 2.12 bits per heavy atom. The van der Waals surface area contributed by atoms with Gasteiger partial charge in [-0.05, 0) is 13.0 Å². The Morgan fingerprint density at radius 3 is 2.72 bits per heavy atom. The summed E-state index contributed by atoms with van der Waals surface area (Å²) in [6.07, 6.45) is 0.822. The molecule has 32 heavy (non-hydrogen) atoms. The number of amidine groups is 1. The second-order valence-corrected chi connectivity index (χ2v) is 6.93. The number of halogens is 3. The van der Waals surface area contributed by atoms with Gasteiger partial charge in [0.05, 0.1) is 35.6 Å². The van der Waals surface area contributed by atoms with Crippen LogP contribution in [0.25, 0.3) is 10.9 Å². The molecule has 1 unspecified atom stereocenters. The van der Waals surface area contributed by atoms with Gasteiger partial charge < -0.3 is 30.4 Å². The van der Waals surface area contributed by atoms with E-state index in [9.17, 15) is 19.1 Å². The van der Waals surface area contributed by atoms with Crippen molar-refractivity contribution in [2.75, 3.05) is 31.3 Å². The number of hydrogen-bond acceptors (Lipinski definition) is 7. The molecule has 1 aromatic carbocycles. The second kappa shape index (κ2) is 9.16. The summed E-state index contributed by atoms with van der Waals surface area (Å²) >= 11 is 0. The maximum Gasteiger partial charge on any atom is 0.341 e. The number of carboxylic acids is 1. The van der Waals surface area contributed by atoms with E-state index in [1.165, 1.54) is 4.90 Å². The summed E-state index contributed by atoms with van der Waals surface area (Å²) in [5.74, 6) is -4.97. The van der Waals surface area contributed by atoms with Gasteiger partial charge in [-0.15, -0.1) is 0 Å². The molecule has 0 aliphatic carbocycles. The Bertz CT molecular complexity index is 1180. The highest BCUT2D eigenvalue weighted by atomic mass is 19.1. The molecule has 0 bridgehead atoms. The molecule has 1 fully saturated rings. The standard InChI is InChI=1S/C19H20F3N5O5/c1-2-32-25-13-8-27(6-10(13)18(23)24-31)16-12(21)5-9-15(14(16)22)26(4-3-20)7-11(17(9)28)19(29)30/h5,7,10,31H,2-4,6,8H2,1H3,(H2,23,24)(H,29,30)/b25-13-. The van der Waals surface area contributed by atoms with E-state index in [0.717, 1.165) is 10.8 Å². The number of alkyl halides is 1. The zero-order valence-corrected chi connectivity index (χ0v) is 16.9. The maximum atomic E-state index is 15.6. The van der Waals surface area contributed by atoms with Crippen LogP contribution in [-0.4, -0.2) is 58.8 Å². The molecule has 2 heterocycles. The minimum Gasteiger partial charge on any atom is -0.477 e. The van der Waals surface area contributed by atoms with Crippen molar-refractivity contribution in [3.8, 4) is 0 Å². The minimum absolute atomic E-state index is 0.123. The lowest BCUT2D eigenvalue weighted by atomic mass is 10.1. The average Bonchev–Trinajstić information content (AvgIpc) is 3.17. The van der Waals surface area contributed by atoms with E-state index in [1.54, 1.807) is 6.92 Å². The zero-order valence-electron chi connectivity index (χ0n) is 16.9. The van der Waals surface area contributed by atoms with Crippen molar-refractivity contribution in [1.82, 2.24) is 4.57 Å². The molecule has 4 N–H and O–H groups in total. The van der Waals surface area contributed by atoms with Crippen LogP contribution in [0.1, 0.15) is 17.3 Å². The quantitative estimate of drug-likeness (QED) is 0.249. The molecule has 1 aliphatic heterocycles. The monoisotopic (exact) mass is 455 g/mol. The first-order chi connectivity index (χ1) is 15.2. The fraction of sp³-hybridized carbons (Fsp3) is 0.368. The number of nitrogens with zero attached hydrogens (tertiary/aromatic N) is 4. The van der Waals surface area contributed by atoms with E-state index in [4.69, 9.17) is 15.8 Å². The SMILES string of the molecule is CCO/N=C1/CN(c2c(F)cc3c(=O)c(C(=O)O)cn(CCF)c3c2F)CC1/C(N)=N\O. The van der Waals surface area contributed by atoms with Gasteiger partial charge in [-0.1, -0.05) is 10.3 Å². The highest BCUT2D eigenvalue weighted by Gasteiger charge is 2.36. The molecule has 1 aliphatic rings. The molecule has 172 valence electrons. The lowest BCUT2D eigenvalue weighted by Gasteiger charge is -2.21. The number of carboxylic acid groups (broad SMARTS) is 1. The van der Waals surface area contributed by atoms with E-state index in [-0.39, 0.29) is 31.2 Å². The predicted molar refractivity (Wildman–Crippen MR) is 109 cm³/mol. The summed E-state index contributed by atoms with van der Waals surface area (Å²) in [7, 11) is 0. The summed E-state index contributed by atoms with van der Waals surface area (Å²) in [6, 6.07) is 0.716. The molecule has 1 saturated heterocycles. The molecular weight excluding hydrogens is 435 g/mol. The normalized spacial score (nSPS) is 18.0. The Balaban J connectivity index is 2.22. The smallest absolute Gasteiger partial charge is 0.341 e. The molecule has 0 amide bonds. The van der Waals surface area contributed by atoms with Crippen molar-refractivity contribution in [2.45, 2.75) is 13.5 Å². The van der Waals surface area contributed by atoms with Crippen LogP contribution in [-0.2, 0) is 11.4 Å². The minimum atomic E-state index is -1.60. The summed E-state index contributed by atoms with van der Waals surface area (Å²) in [5.41, 5.74) is 3.11. The van der Waals surface area contributed by atoms with E-state index in [0.29, 0.717) is 6.07 Å². The Hall–Kier alpha value is -3.77. The largest absolute Gasteiger partial charge is 0.477 e.